The van der Waals surface area contributed by atoms with Crippen molar-refractivity contribution in [3.8, 4) is 11.5 Å². The number of aromatic hydroxyl groups is 1. The summed E-state index contributed by atoms with van der Waals surface area (Å²) in [6.45, 7) is 6.58. The molecule has 2 aliphatic heterocycles. The molecule has 0 spiro atoms. The lowest BCUT2D eigenvalue weighted by molar-refractivity contribution is -0.128. The number of hydrogen-bond acceptors (Lipinski definition) is 6. The summed E-state index contributed by atoms with van der Waals surface area (Å²) in [5.74, 6) is 0.588. The van der Waals surface area contributed by atoms with Crippen LogP contribution in [0.15, 0.2) is 30.3 Å². The van der Waals surface area contributed by atoms with E-state index in [1.165, 1.54) is 6.07 Å². The van der Waals surface area contributed by atoms with E-state index in [1.54, 1.807) is 15.9 Å². The van der Waals surface area contributed by atoms with Gasteiger partial charge in [0, 0.05) is 44.1 Å². The molecule has 3 heterocycles. The van der Waals surface area contributed by atoms with Gasteiger partial charge in [-0.25, -0.2) is 0 Å². The number of carbonyl (C=O) groups is 2. The molecule has 1 aromatic heterocycles. The Balaban J connectivity index is 1.31. The van der Waals surface area contributed by atoms with Gasteiger partial charge < -0.3 is 24.5 Å². The standard InChI is InChI=1S/C26H31N5O4/c1-3-29(2)9-10-35-19-7-6-17-14-31(15-18(17)11-19)26(34)21-12-20-22(13-24(21)32)27-28-23(20)16-30-8-4-5-25(30)33/h6-7,11-13,32H,3-5,8-10,14-16H2,1-2H3,(H,27,28). The number of ether oxygens (including phenoxy) is 1. The lowest BCUT2D eigenvalue weighted by Gasteiger charge is -2.17. The molecule has 2 amide bonds. The van der Waals surface area contributed by atoms with Crippen molar-refractivity contribution in [3.63, 3.8) is 0 Å². The summed E-state index contributed by atoms with van der Waals surface area (Å²) in [7, 11) is 2.06. The maximum atomic E-state index is 13.4. The summed E-state index contributed by atoms with van der Waals surface area (Å²) in [6, 6.07) is 9.17. The molecule has 0 atom stereocenters. The van der Waals surface area contributed by atoms with Crippen LogP contribution in [0.3, 0.4) is 0 Å². The number of aromatic nitrogens is 2. The molecule has 184 valence electrons. The van der Waals surface area contributed by atoms with Gasteiger partial charge in [-0.05, 0) is 49.3 Å². The molecule has 0 radical (unpaired) electrons. The van der Waals surface area contributed by atoms with Crippen LogP contribution in [-0.4, -0.2) is 75.1 Å². The molecule has 2 N–H and O–H groups in total. The number of nitrogens with zero attached hydrogens (tertiary/aromatic N) is 4. The zero-order valence-electron chi connectivity index (χ0n) is 20.2. The van der Waals surface area contributed by atoms with E-state index < -0.39 is 0 Å². The second-order valence-corrected chi connectivity index (χ2v) is 9.34. The SMILES string of the molecule is CCN(C)CCOc1ccc2c(c1)CN(C(=O)c1cc3c(CN4CCCC4=O)n[nH]c3cc1O)C2. The zero-order valence-corrected chi connectivity index (χ0v) is 20.2. The van der Waals surface area contributed by atoms with Gasteiger partial charge in [-0.15, -0.1) is 0 Å². The number of benzene rings is 2. The molecule has 0 saturated carbocycles. The highest BCUT2D eigenvalue weighted by Crippen LogP contribution is 2.32. The molecular formula is C26H31N5O4. The van der Waals surface area contributed by atoms with Gasteiger partial charge >= 0.3 is 0 Å². The Kier molecular flexibility index (Phi) is 6.34. The molecular weight excluding hydrogens is 446 g/mol. The fourth-order valence-corrected chi connectivity index (χ4v) is 4.70. The Bertz CT molecular complexity index is 1270. The van der Waals surface area contributed by atoms with E-state index in [-0.39, 0.29) is 23.1 Å². The number of fused-ring (bicyclic) bond motifs is 2. The van der Waals surface area contributed by atoms with Crippen LogP contribution in [0.5, 0.6) is 11.5 Å². The average molecular weight is 478 g/mol. The van der Waals surface area contributed by atoms with Gasteiger partial charge in [0.2, 0.25) is 5.91 Å². The first-order valence-corrected chi connectivity index (χ1v) is 12.1. The van der Waals surface area contributed by atoms with Crippen LogP contribution in [0.1, 0.15) is 46.9 Å². The Morgan fingerprint density at radius 1 is 1.23 bits per heavy atom. The van der Waals surface area contributed by atoms with E-state index in [9.17, 15) is 14.7 Å². The number of phenolic OH excluding ortho intramolecular Hbond substituents is 1. The number of nitrogens with one attached hydrogen (secondary N) is 1. The molecule has 9 nitrogen and oxygen atoms in total. The van der Waals surface area contributed by atoms with Crippen LogP contribution in [0, 0.1) is 0 Å². The molecule has 9 heteroatoms. The molecule has 2 aromatic carbocycles. The van der Waals surface area contributed by atoms with E-state index in [0.717, 1.165) is 41.8 Å². The number of amides is 2. The predicted molar refractivity (Wildman–Crippen MR) is 131 cm³/mol. The normalized spacial score (nSPS) is 15.5. The Labute approximate surface area is 204 Å². The zero-order chi connectivity index (χ0) is 24.5. The first-order valence-electron chi connectivity index (χ1n) is 12.1. The lowest BCUT2D eigenvalue weighted by atomic mass is 10.1. The highest BCUT2D eigenvalue weighted by molar-refractivity contribution is 6.01. The van der Waals surface area contributed by atoms with Crippen molar-refractivity contribution >= 4 is 22.7 Å². The van der Waals surface area contributed by atoms with Crippen LogP contribution < -0.4 is 4.74 Å². The van der Waals surface area contributed by atoms with Crippen molar-refractivity contribution < 1.29 is 19.4 Å². The summed E-state index contributed by atoms with van der Waals surface area (Å²) >= 11 is 0. The summed E-state index contributed by atoms with van der Waals surface area (Å²) in [6.07, 6.45) is 1.41. The third kappa shape index (κ3) is 4.68. The number of phenols is 1. The number of carbonyl (C=O) groups excluding carboxylic acids is 2. The highest BCUT2D eigenvalue weighted by atomic mass is 16.5. The monoisotopic (exact) mass is 477 g/mol. The van der Waals surface area contributed by atoms with E-state index in [2.05, 4.69) is 29.1 Å². The topological polar surface area (TPSA) is 102 Å². The van der Waals surface area contributed by atoms with Crippen molar-refractivity contribution in [2.24, 2.45) is 0 Å². The van der Waals surface area contributed by atoms with Crippen LogP contribution in [0.4, 0.5) is 0 Å². The Morgan fingerprint density at radius 3 is 2.83 bits per heavy atom. The minimum Gasteiger partial charge on any atom is -0.507 e. The van der Waals surface area contributed by atoms with Crippen LogP contribution >= 0.6 is 0 Å². The van der Waals surface area contributed by atoms with Crippen LogP contribution in [-0.2, 0) is 24.4 Å². The van der Waals surface area contributed by atoms with Crippen molar-refractivity contribution in [1.82, 2.24) is 24.9 Å². The second kappa shape index (κ2) is 9.58. The summed E-state index contributed by atoms with van der Waals surface area (Å²) in [4.78, 5) is 31.1. The second-order valence-electron chi connectivity index (χ2n) is 9.34. The lowest BCUT2D eigenvalue weighted by Crippen LogP contribution is -2.25. The summed E-state index contributed by atoms with van der Waals surface area (Å²) in [5, 5.41) is 18.6. The van der Waals surface area contributed by atoms with Crippen molar-refractivity contribution in [2.75, 3.05) is 33.3 Å². The smallest absolute Gasteiger partial charge is 0.258 e. The van der Waals surface area contributed by atoms with Gasteiger partial charge in [0.15, 0.2) is 0 Å². The molecule has 1 saturated heterocycles. The molecule has 35 heavy (non-hydrogen) atoms. The van der Waals surface area contributed by atoms with Crippen LogP contribution in [0.25, 0.3) is 10.9 Å². The van der Waals surface area contributed by atoms with Gasteiger partial charge in [-0.2, -0.15) is 5.10 Å². The molecule has 0 aliphatic carbocycles. The third-order valence-electron chi connectivity index (χ3n) is 6.97. The number of H-pyrrole nitrogens is 1. The third-order valence-corrected chi connectivity index (χ3v) is 6.97. The molecule has 5 rings (SSSR count). The van der Waals surface area contributed by atoms with Crippen molar-refractivity contribution in [3.05, 3.63) is 52.7 Å². The van der Waals surface area contributed by atoms with Crippen molar-refractivity contribution in [2.45, 2.75) is 39.4 Å². The first-order chi connectivity index (χ1) is 16.9. The summed E-state index contributed by atoms with van der Waals surface area (Å²) < 4.78 is 5.89. The van der Waals surface area contributed by atoms with E-state index >= 15 is 0 Å². The minimum atomic E-state index is -0.239. The average Bonchev–Trinajstić information content (AvgIpc) is 3.56. The number of rotatable bonds is 8. The van der Waals surface area contributed by atoms with E-state index in [0.29, 0.717) is 50.4 Å². The minimum absolute atomic E-state index is 0.0880. The molecule has 1 fully saturated rings. The fourth-order valence-electron chi connectivity index (χ4n) is 4.70. The van der Waals surface area contributed by atoms with Gasteiger partial charge in [0.25, 0.3) is 5.91 Å². The summed E-state index contributed by atoms with van der Waals surface area (Å²) in [5.41, 5.74) is 3.70. The number of likely N-dealkylation sites (N-methyl/N-ethyl adjacent to an activating group) is 1. The van der Waals surface area contributed by atoms with E-state index in [4.69, 9.17) is 4.74 Å². The predicted octanol–water partition coefficient (Wildman–Crippen LogP) is 2.88. The molecule has 0 bridgehead atoms. The molecule has 2 aliphatic rings. The number of likely N-dealkylation sites (tertiary alicyclic amines) is 1. The maximum Gasteiger partial charge on any atom is 0.258 e. The van der Waals surface area contributed by atoms with Gasteiger partial charge in [-0.1, -0.05) is 13.0 Å². The first kappa shape index (κ1) is 23.2. The highest BCUT2D eigenvalue weighted by Gasteiger charge is 2.28. The van der Waals surface area contributed by atoms with Crippen molar-refractivity contribution in [1.29, 1.82) is 0 Å². The fraction of sp³-hybridized carbons (Fsp3) is 0.423. The molecule has 0 unspecified atom stereocenters. The number of hydrogen-bond donors (Lipinski definition) is 2. The molecule has 3 aromatic rings. The quantitative estimate of drug-likeness (QED) is 0.517. The Hall–Kier alpha value is -3.59. The Morgan fingerprint density at radius 2 is 2.06 bits per heavy atom. The van der Waals surface area contributed by atoms with Gasteiger partial charge in [0.05, 0.1) is 23.3 Å². The van der Waals surface area contributed by atoms with Gasteiger partial charge in [-0.3, -0.25) is 14.7 Å². The number of aromatic amines is 1. The maximum absolute atomic E-state index is 13.4. The largest absolute Gasteiger partial charge is 0.507 e. The van der Waals surface area contributed by atoms with Gasteiger partial charge in [0.1, 0.15) is 18.1 Å². The van der Waals surface area contributed by atoms with Crippen LogP contribution in [0.2, 0.25) is 0 Å². The van der Waals surface area contributed by atoms with E-state index in [1.807, 2.05) is 18.2 Å².